The maximum Gasteiger partial charge on any atom is 0.255 e. The molecule has 20 heavy (non-hydrogen) atoms. The second-order valence-corrected chi connectivity index (χ2v) is 5.74. The van der Waals surface area contributed by atoms with Gasteiger partial charge in [0.15, 0.2) is 18.1 Å². The van der Waals surface area contributed by atoms with Gasteiger partial charge in [0.05, 0.1) is 11.6 Å². The van der Waals surface area contributed by atoms with Crippen molar-refractivity contribution in [1.82, 2.24) is 5.32 Å². The van der Waals surface area contributed by atoms with Gasteiger partial charge in [-0.15, -0.1) is 0 Å². The highest BCUT2D eigenvalue weighted by Gasteiger charge is 2.12. The molecular weight excluding hydrogens is 324 g/mol. The third kappa shape index (κ3) is 5.38. The average molecular weight is 345 g/mol. The zero-order chi connectivity index (χ0) is 15.1. The predicted octanol–water partition coefficient (Wildman–Crippen LogP) is 2.07. The number of rotatable bonds is 8. The summed E-state index contributed by atoms with van der Waals surface area (Å²) in [5.41, 5.74) is 6.15. The lowest BCUT2D eigenvalue weighted by atomic mass is 10.2. The number of halogens is 1. The number of amides is 1. The molecule has 0 aliphatic heterocycles. The van der Waals surface area contributed by atoms with Crippen LogP contribution in [0.5, 0.6) is 11.5 Å². The molecule has 0 aliphatic rings. The summed E-state index contributed by atoms with van der Waals surface area (Å²) in [7, 11) is 1.56. The zero-order valence-electron chi connectivity index (χ0n) is 12.0. The van der Waals surface area contributed by atoms with Crippen molar-refractivity contribution in [2.24, 2.45) is 11.7 Å². The van der Waals surface area contributed by atoms with Gasteiger partial charge < -0.3 is 20.5 Å². The molecule has 1 rings (SSSR count). The van der Waals surface area contributed by atoms with Crippen LogP contribution in [0.25, 0.3) is 0 Å². The van der Waals surface area contributed by atoms with Crippen LogP contribution >= 0.6 is 15.9 Å². The van der Waals surface area contributed by atoms with Gasteiger partial charge in [-0.25, -0.2) is 0 Å². The number of nitrogens with two attached hydrogens (primary N) is 1. The summed E-state index contributed by atoms with van der Waals surface area (Å²) in [6.45, 7) is 5.82. The van der Waals surface area contributed by atoms with Crippen molar-refractivity contribution in [3.63, 3.8) is 0 Å². The Bertz CT molecular complexity index is 464. The van der Waals surface area contributed by atoms with Gasteiger partial charge in [0, 0.05) is 6.54 Å². The number of benzene rings is 1. The van der Waals surface area contributed by atoms with E-state index < -0.39 is 5.91 Å². The fourth-order valence-corrected chi connectivity index (χ4v) is 2.27. The number of nitrogens with one attached hydrogen (secondary N) is 1. The quantitative estimate of drug-likeness (QED) is 0.757. The highest BCUT2D eigenvalue weighted by atomic mass is 79.9. The maximum absolute atomic E-state index is 10.8. The summed E-state index contributed by atoms with van der Waals surface area (Å²) in [5, 5.41) is 3.36. The Balaban J connectivity index is 2.81. The van der Waals surface area contributed by atoms with Crippen molar-refractivity contribution in [3.8, 4) is 11.5 Å². The van der Waals surface area contributed by atoms with E-state index in [0.29, 0.717) is 17.4 Å². The average Bonchev–Trinajstić information content (AvgIpc) is 2.36. The SMILES string of the molecule is COc1cc(CNCC(C)C)cc(Br)c1OCC(N)=O. The van der Waals surface area contributed by atoms with Gasteiger partial charge in [0.1, 0.15) is 0 Å². The van der Waals surface area contributed by atoms with Crippen LogP contribution in [0.1, 0.15) is 19.4 Å². The summed E-state index contributed by atoms with van der Waals surface area (Å²) in [4.78, 5) is 10.8. The van der Waals surface area contributed by atoms with Gasteiger partial charge in [-0.3, -0.25) is 4.79 Å². The van der Waals surface area contributed by atoms with Gasteiger partial charge >= 0.3 is 0 Å². The lowest BCUT2D eigenvalue weighted by molar-refractivity contribution is -0.119. The third-order valence-electron chi connectivity index (χ3n) is 2.53. The molecule has 0 radical (unpaired) electrons. The van der Waals surface area contributed by atoms with E-state index in [-0.39, 0.29) is 6.61 Å². The summed E-state index contributed by atoms with van der Waals surface area (Å²) >= 11 is 3.42. The molecule has 5 nitrogen and oxygen atoms in total. The van der Waals surface area contributed by atoms with Crippen LogP contribution < -0.4 is 20.5 Å². The second kappa shape index (κ2) is 8.11. The Morgan fingerprint density at radius 1 is 1.45 bits per heavy atom. The van der Waals surface area contributed by atoms with Crippen LogP contribution in [-0.2, 0) is 11.3 Å². The molecule has 0 atom stereocenters. The fourth-order valence-electron chi connectivity index (χ4n) is 1.66. The van der Waals surface area contributed by atoms with Crippen molar-refractivity contribution in [2.75, 3.05) is 20.3 Å². The largest absolute Gasteiger partial charge is 0.493 e. The van der Waals surface area contributed by atoms with E-state index in [0.717, 1.165) is 23.1 Å². The topological polar surface area (TPSA) is 73.6 Å². The minimum atomic E-state index is -0.526. The van der Waals surface area contributed by atoms with E-state index in [1.165, 1.54) is 0 Å². The molecule has 0 aliphatic carbocycles. The number of carbonyl (C=O) groups is 1. The third-order valence-corrected chi connectivity index (χ3v) is 3.12. The number of hydrogen-bond donors (Lipinski definition) is 2. The van der Waals surface area contributed by atoms with Gasteiger partial charge in [-0.2, -0.15) is 0 Å². The number of ether oxygens (including phenoxy) is 2. The minimum absolute atomic E-state index is 0.181. The lowest BCUT2D eigenvalue weighted by Gasteiger charge is -2.14. The van der Waals surface area contributed by atoms with Crippen molar-refractivity contribution in [3.05, 3.63) is 22.2 Å². The van der Waals surface area contributed by atoms with Crippen LogP contribution in [0.4, 0.5) is 0 Å². The van der Waals surface area contributed by atoms with Crippen molar-refractivity contribution in [2.45, 2.75) is 20.4 Å². The maximum atomic E-state index is 10.8. The standard InChI is InChI=1S/C14H21BrN2O3/c1-9(2)6-17-7-10-4-11(15)14(12(5-10)19-3)20-8-13(16)18/h4-5,9,17H,6-8H2,1-3H3,(H2,16,18). The Morgan fingerprint density at radius 3 is 2.70 bits per heavy atom. The van der Waals surface area contributed by atoms with E-state index in [9.17, 15) is 4.79 Å². The first-order valence-corrected chi connectivity index (χ1v) is 7.21. The molecule has 1 aromatic rings. The molecule has 0 saturated carbocycles. The highest BCUT2D eigenvalue weighted by molar-refractivity contribution is 9.10. The monoisotopic (exact) mass is 344 g/mol. The number of hydrogen-bond acceptors (Lipinski definition) is 4. The zero-order valence-corrected chi connectivity index (χ0v) is 13.6. The summed E-state index contributed by atoms with van der Waals surface area (Å²) in [6, 6.07) is 3.82. The Hall–Kier alpha value is -1.27. The fraction of sp³-hybridized carbons (Fsp3) is 0.500. The number of carbonyl (C=O) groups excluding carboxylic acids is 1. The Kier molecular flexibility index (Phi) is 6.81. The predicted molar refractivity (Wildman–Crippen MR) is 81.9 cm³/mol. The van der Waals surface area contributed by atoms with Gasteiger partial charge in [-0.05, 0) is 46.1 Å². The molecule has 0 fully saturated rings. The molecule has 0 spiro atoms. The first-order valence-electron chi connectivity index (χ1n) is 6.42. The van der Waals surface area contributed by atoms with Crippen LogP contribution in [0.15, 0.2) is 16.6 Å². The molecule has 3 N–H and O–H groups in total. The van der Waals surface area contributed by atoms with Crippen molar-refractivity contribution >= 4 is 21.8 Å². The number of methoxy groups -OCH3 is 1. The van der Waals surface area contributed by atoms with E-state index >= 15 is 0 Å². The normalized spacial score (nSPS) is 10.7. The molecule has 1 amide bonds. The molecule has 6 heteroatoms. The first-order chi connectivity index (χ1) is 9.43. The van der Waals surface area contributed by atoms with Crippen molar-refractivity contribution in [1.29, 1.82) is 0 Å². The Morgan fingerprint density at radius 2 is 2.15 bits per heavy atom. The minimum Gasteiger partial charge on any atom is -0.493 e. The molecule has 112 valence electrons. The first kappa shape index (κ1) is 16.8. The molecule has 0 aromatic heterocycles. The van der Waals surface area contributed by atoms with E-state index in [2.05, 4.69) is 35.1 Å². The summed E-state index contributed by atoms with van der Waals surface area (Å²) < 4.78 is 11.4. The molecule has 0 unspecified atom stereocenters. The van der Waals surface area contributed by atoms with Gasteiger partial charge in [-0.1, -0.05) is 13.8 Å². The van der Waals surface area contributed by atoms with Crippen LogP contribution in [0, 0.1) is 5.92 Å². The van der Waals surface area contributed by atoms with E-state index in [4.69, 9.17) is 15.2 Å². The van der Waals surface area contributed by atoms with Crippen LogP contribution in [0.3, 0.4) is 0 Å². The van der Waals surface area contributed by atoms with E-state index in [1.54, 1.807) is 7.11 Å². The van der Waals surface area contributed by atoms with E-state index in [1.807, 2.05) is 12.1 Å². The van der Waals surface area contributed by atoms with Gasteiger partial charge in [0.25, 0.3) is 5.91 Å². The molecule has 0 saturated heterocycles. The summed E-state index contributed by atoms with van der Waals surface area (Å²) in [6.07, 6.45) is 0. The molecule has 0 bridgehead atoms. The van der Waals surface area contributed by atoms with Crippen LogP contribution in [0.2, 0.25) is 0 Å². The lowest BCUT2D eigenvalue weighted by Crippen LogP contribution is -2.21. The smallest absolute Gasteiger partial charge is 0.255 e. The Labute approximate surface area is 127 Å². The second-order valence-electron chi connectivity index (χ2n) is 4.89. The highest BCUT2D eigenvalue weighted by Crippen LogP contribution is 2.36. The molecule has 0 heterocycles. The molecule has 1 aromatic carbocycles. The molecular formula is C14H21BrN2O3. The van der Waals surface area contributed by atoms with Crippen molar-refractivity contribution < 1.29 is 14.3 Å². The van der Waals surface area contributed by atoms with Gasteiger partial charge in [0.2, 0.25) is 0 Å². The summed E-state index contributed by atoms with van der Waals surface area (Å²) in [5.74, 6) is 1.13. The number of primary amides is 1. The van der Waals surface area contributed by atoms with Crippen LogP contribution in [-0.4, -0.2) is 26.2 Å².